The van der Waals surface area contributed by atoms with Crippen molar-refractivity contribution in [1.82, 2.24) is 15.5 Å². The molecule has 0 saturated carbocycles. The first-order valence-corrected chi connectivity index (χ1v) is 10.4. The summed E-state index contributed by atoms with van der Waals surface area (Å²) in [7, 11) is 0. The van der Waals surface area contributed by atoms with Crippen LogP contribution in [0.4, 0.5) is 0 Å². The number of carbonyl (C=O) groups is 4. The maximum atomic E-state index is 12.8. The minimum Gasteiger partial charge on any atom is -0.480 e. The van der Waals surface area contributed by atoms with Gasteiger partial charge in [-0.05, 0) is 38.0 Å². The van der Waals surface area contributed by atoms with Crippen LogP contribution in [-0.2, 0) is 19.2 Å². The average Bonchev–Trinajstić information content (AvgIpc) is 3.12. The van der Waals surface area contributed by atoms with E-state index in [9.17, 15) is 29.4 Å². The fraction of sp³-hybridized carbons (Fsp3) is 0.800. The van der Waals surface area contributed by atoms with E-state index < -0.39 is 48.1 Å². The van der Waals surface area contributed by atoms with Crippen LogP contribution >= 0.6 is 0 Å². The second-order valence-corrected chi connectivity index (χ2v) is 8.72. The van der Waals surface area contributed by atoms with Crippen molar-refractivity contribution in [2.45, 2.75) is 84.2 Å². The first kappa shape index (κ1) is 25.8. The number of aliphatic carboxylic acids is 1. The highest BCUT2D eigenvalue weighted by Crippen LogP contribution is 2.20. The van der Waals surface area contributed by atoms with E-state index in [1.165, 1.54) is 11.8 Å². The number of aliphatic hydroxyl groups is 1. The number of nitrogens with two attached hydrogens (primary N) is 1. The van der Waals surface area contributed by atoms with Gasteiger partial charge in [0.05, 0.1) is 12.1 Å². The molecule has 0 aromatic heterocycles. The Morgan fingerprint density at radius 1 is 1.10 bits per heavy atom. The molecule has 1 rings (SSSR count). The molecule has 3 amide bonds. The lowest BCUT2D eigenvalue weighted by Gasteiger charge is -2.30. The van der Waals surface area contributed by atoms with E-state index in [-0.39, 0.29) is 24.2 Å². The van der Waals surface area contributed by atoms with Crippen molar-refractivity contribution in [3.8, 4) is 0 Å². The molecule has 0 bridgehead atoms. The van der Waals surface area contributed by atoms with Crippen LogP contribution in [0, 0.1) is 11.8 Å². The van der Waals surface area contributed by atoms with E-state index in [0.717, 1.165) is 0 Å². The Labute approximate surface area is 177 Å². The van der Waals surface area contributed by atoms with Gasteiger partial charge in [0.2, 0.25) is 17.7 Å². The summed E-state index contributed by atoms with van der Waals surface area (Å²) in [6, 6.07) is -4.00. The summed E-state index contributed by atoms with van der Waals surface area (Å²) < 4.78 is 0. The third-order valence-electron chi connectivity index (χ3n) is 5.23. The molecule has 1 aliphatic rings. The molecule has 10 heteroatoms. The predicted octanol–water partition coefficient (Wildman–Crippen LogP) is -0.558. The molecule has 6 N–H and O–H groups in total. The highest BCUT2D eigenvalue weighted by molar-refractivity contribution is 5.94. The molecule has 1 saturated heterocycles. The molecule has 30 heavy (non-hydrogen) atoms. The third kappa shape index (κ3) is 6.94. The second-order valence-electron chi connectivity index (χ2n) is 8.72. The number of carbonyl (C=O) groups excluding carboxylic acids is 3. The Balaban J connectivity index is 2.89. The summed E-state index contributed by atoms with van der Waals surface area (Å²) >= 11 is 0. The van der Waals surface area contributed by atoms with Crippen LogP contribution in [0.1, 0.15) is 53.9 Å². The van der Waals surface area contributed by atoms with Gasteiger partial charge in [-0.25, -0.2) is 4.79 Å². The van der Waals surface area contributed by atoms with Crippen molar-refractivity contribution in [3.05, 3.63) is 0 Å². The zero-order valence-electron chi connectivity index (χ0n) is 18.4. The maximum Gasteiger partial charge on any atom is 0.326 e. The van der Waals surface area contributed by atoms with Gasteiger partial charge in [0.25, 0.3) is 0 Å². The van der Waals surface area contributed by atoms with Gasteiger partial charge in [-0.15, -0.1) is 0 Å². The topological polar surface area (TPSA) is 162 Å². The monoisotopic (exact) mass is 428 g/mol. The van der Waals surface area contributed by atoms with E-state index in [1.54, 1.807) is 0 Å². The number of carboxylic acid groups (broad SMARTS) is 1. The number of hydrogen-bond donors (Lipinski definition) is 5. The number of aliphatic hydroxyl groups excluding tert-OH is 1. The number of carboxylic acids is 1. The van der Waals surface area contributed by atoms with Crippen molar-refractivity contribution >= 4 is 23.7 Å². The SMILES string of the molecule is CC(C)CC(NC(=O)C(NC(=O)C1CCCN1C(=O)C(N)C(C)C)C(C)O)C(=O)O. The molecule has 5 atom stereocenters. The maximum absolute atomic E-state index is 12.8. The smallest absolute Gasteiger partial charge is 0.326 e. The van der Waals surface area contributed by atoms with Gasteiger partial charge in [0.15, 0.2) is 0 Å². The van der Waals surface area contributed by atoms with Crippen LogP contribution in [0.5, 0.6) is 0 Å². The molecule has 0 aromatic rings. The van der Waals surface area contributed by atoms with Gasteiger partial charge < -0.3 is 31.5 Å². The van der Waals surface area contributed by atoms with Crippen LogP contribution < -0.4 is 16.4 Å². The summed E-state index contributed by atoms with van der Waals surface area (Å²) in [6.07, 6.45) is -0.0115. The average molecular weight is 429 g/mol. The van der Waals surface area contributed by atoms with Crippen molar-refractivity contribution in [1.29, 1.82) is 0 Å². The van der Waals surface area contributed by atoms with E-state index in [2.05, 4.69) is 10.6 Å². The Hall–Kier alpha value is -2.20. The molecule has 172 valence electrons. The number of rotatable bonds is 10. The van der Waals surface area contributed by atoms with Crippen LogP contribution in [0.3, 0.4) is 0 Å². The first-order chi connectivity index (χ1) is 13.9. The normalized spacial score (nSPS) is 20.6. The minimum absolute atomic E-state index is 0.0224. The number of hydrogen-bond acceptors (Lipinski definition) is 6. The quantitative estimate of drug-likeness (QED) is 0.311. The highest BCUT2D eigenvalue weighted by atomic mass is 16.4. The summed E-state index contributed by atoms with van der Waals surface area (Å²) in [5.74, 6) is -2.96. The molecular weight excluding hydrogens is 392 g/mol. The summed E-state index contributed by atoms with van der Waals surface area (Å²) in [4.78, 5) is 50.8. The zero-order valence-corrected chi connectivity index (χ0v) is 18.4. The van der Waals surface area contributed by atoms with E-state index in [0.29, 0.717) is 19.4 Å². The Kier molecular flexibility index (Phi) is 9.70. The molecule has 0 aliphatic carbocycles. The van der Waals surface area contributed by atoms with Gasteiger partial charge in [0, 0.05) is 6.54 Å². The van der Waals surface area contributed by atoms with Crippen molar-refractivity contribution < 1.29 is 29.4 Å². The molecular formula is C20H36N4O6. The molecule has 1 heterocycles. The lowest BCUT2D eigenvalue weighted by Crippen LogP contribution is -2.59. The van der Waals surface area contributed by atoms with Crippen LogP contribution in [-0.4, -0.2) is 75.6 Å². The van der Waals surface area contributed by atoms with Crippen molar-refractivity contribution in [2.24, 2.45) is 17.6 Å². The zero-order chi connectivity index (χ0) is 23.2. The van der Waals surface area contributed by atoms with E-state index >= 15 is 0 Å². The number of likely N-dealkylation sites (tertiary alicyclic amines) is 1. The molecule has 5 unspecified atom stereocenters. The van der Waals surface area contributed by atoms with Crippen molar-refractivity contribution in [2.75, 3.05) is 6.54 Å². The van der Waals surface area contributed by atoms with Crippen LogP contribution in [0.25, 0.3) is 0 Å². The third-order valence-corrected chi connectivity index (χ3v) is 5.23. The van der Waals surface area contributed by atoms with Gasteiger partial charge in [-0.2, -0.15) is 0 Å². The molecule has 0 spiro atoms. The molecule has 0 radical (unpaired) electrons. The first-order valence-electron chi connectivity index (χ1n) is 10.4. The fourth-order valence-corrected chi connectivity index (χ4v) is 3.39. The van der Waals surface area contributed by atoms with Crippen LogP contribution in [0.2, 0.25) is 0 Å². The molecule has 1 aliphatic heterocycles. The van der Waals surface area contributed by atoms with Crippen LogP contribution in [0.15, 0.2) is 0 Å². The molecule has 0 aromatic carbocycles. The Bertz CT molecular complexity index is 637. The van der Waals surface area contributed by atoms with E-state index in [1.807, 2.05) is 27.7 Å². The van der Waals surface area contributed by atoms with Gasteiger partial charge in [0.1, 0.15) is 18.1 Å². The number of nitrogens with zero attached hydrogens (tertiary/aromatic N) is 1. The van der Waals surface area contributed by atoms with Crippen molar-refractivity contribution in [3.63, 3.8) is 0 Å². The molecule has 10 nitrogen and oxygen atoms in total. The summed E-state index contributed by atoms with van der Waals surface area (Å²) in [6.45, 7) is 9.00. The van der Waals surface area contributed by atoms with E-state index in [4.69, 9.17) is 5.73 Å². The second kappa shape index (κ2) is 11.3. The van der Waals surface area contributed by atoms with Gasteiger partial charge in [-0.1, -0.05) is 27.7 Å². The molecule has 1 fully saturated rings. The lowest BCUT2D eigenvalue weighted by molar-refractivity contribution is -0.144. The minimum atomic E-state index is -1.34. The van der Waals surface area contributed by atoms with Gasteiger partial charge >= 0.3 is 5.97 Å². The lowest BCUT2D eigenvalue weighted by atomic mass is 10.0. The largest absolute Gasteiger partial charge is 0.480 e. The number of amides is 3. The van der Waals surface area contributed by atoms with Gasteiger partial charge in [-0.3, -0.25) is 14.4 Å². The standard InChI is InChI=1S/C20H36N4O6/c1-10(2)9-13(20(29)30)22-18(27)16(12(5)25)23-17(26)14-7-6-8-24(14)19(28)15(21)11(3)4/h10-16,25H,6-9,21H2,1-5H3,(H,22,27)(H,23,26)(H,29,30). The Morgan fingerprint density at radius 3 is 2.17 bits per heavy atom. The predicted molar refractivity (Wildman–Crippen MR) is 110 cm³/mol. The summed E-state index contributed by atoms with van der Waals surface area (Å²) in [5.41, 5.74) is 5.94. The highest BCUT2D eigenvalue weighted by Gasteiger charge is 2.39. The fourth-order valence-electron chi connectivity index (χ4n) is 3.39. The number of nitrogens with one attached hydrogen (secondary N) is 2. The summed E-state index contributed by atoms with van der Waals surface area (Å²) in [5, 5.41) is 24.2. The Morgan fingerprint density at radius 2 is 1.70 bits per heavy atom.